The van der Waals surface area contributed by atoms with Crippen LogP contribution < -0.4 is 14.8 Å². The molecule has 1 heterocycles. The summed E-state index contributed by atoms with van der Waals surface area (Å²) in [5.41, 5.74) is 4.19. The minimum absolute atomic E-state index is 0.712. The van der Waals surface area contributed by atoms with Gasteiger partial charge in [0, 0.05) is 17.8 Å². The number of hydrogen-bond donors (Lipinski definition) is 1. The first-order valence-corrected chi connectivity index (χ1v) is 6.53. The van der Waals surface area contributed by atoms with Crippen molar-refractivity contribution in [3.8, 4) is 22.8 Å². The average Bonchev–Trinajstić information content (AvgIpc) is 2.48. The van der Waals surface area contributed by atoms with Gasteiger partial charge in [-0.2, -0.15) is 0 Å². The Morgan fingerprint density at radius 3 is 2.40 bits per heavy atom. The Morgan fingerprint density at radius 1 is 1.05 bits per heavy atom. The van der Waals surface area contributed by atoms with E-state index in [4.69, 9.17) is 9.47 Å². The molecule has 0 unspecified atom stereocenters. The van der Waals surface area contributed by atoms with Crippen molar-refractivity contribution in [2.75, 3.05) is 21.3 Å². The Kier molecular flexibility index (Phi) is 4.58. The van der Waals surface area contributed by atoms with Gasteiger partial charge < -0.3 is 14.8 Å². The molecule has 1 N–H and O–H groups in total. The lowest BCUT2D eigenvalue weighted by molar-refractivity contribution is 0.355. The molecule has 0 aliphatic rings. The van der Waals surface area contributed by atoms with Gasteiger partial charge in [0.05, 0.1) is 19.9 Å². The largest absolute Gasteiger partial charge is 0.493 e. The van der Waals surface area contributed by atoms with Crippen LogP contribution in [0.4, 0.5) is 0 Å². The van der Waals surface area contributed by atoms with Crippen molar-refractivity contribution < 1.29 is 9.47 Å². The molecule has 2 aromatic rings. The van der Waals surface area contributed by atoms with E-state index >= 15 is 0 Å². The third-order valence-electron chi connectivity index (χ3n) is 3.24. The molecule has 0 aliphatic carbocycles. The lowest BCUT2D eigenvalue weighted by Gasteiger charge is -2.11. The van der Waals surface area contributed by atoms with Crippen molar-refractivity contribution in [2.45, 2.75) is 13.5 Å². The second-order valence-electron chi connectivity index (χ2n) is 4.54. The Morgan fingerprint density at radius 2 is 1.80 bits per heavy atom. The van der Waals surface area contributed by atoms with Crippen LogP contribution in [0.15, 0.2) is 30.3 Å². The molecule has 20 heavy (non-hydrogen) atoms. The molecule has 0 spiro atoms. The topological polar surface area (TPSA) is 43.4 Å². The number of nitrogens with zero attached hydrogens (tertiary/aromatic N) is 1. The van der Waals surface area contributed by atoms with Crippen molar-refractivity contribution in [1.82, 2.24) is 10.3 Å². The average molecular weight is 272 g/mol. The molecule has 106 valence electrons. The molecule has 0 saturated carbocycles. The highest BCUT2D eigenvalue weighted by Crippen LogP contribution is 2.31. The Labute approximate surface area is 119 Å². The zero-order chi connectivity index (χ0) is 14.5. The van der Waals surface area contributed by atoms with E-state index in [2.05, 4.69) is 16.4 Å². The quantitative estimate of drug-likeness (QED) is 0.909. The Bertz CT molecular complexity index is 597. The van der Waals surface area contributed by atoms with Crippen LogP contribution in [0, 0.1) is 6.92 Å². The molecule has 2 rings (SSSR count). The fourth-order valence-corrected chi connectivity index (χ4v) is 2.12. The second kappa shape index (κ2) is 6.39. The van der Waals surface area contributed by atoms with Crippen LogP contribution in [-0.4, -0.2) is 26.3 Å². The maximum absolute atomic E-state index is 5.33. The standard InChI is InChI=1S/C16H20N2O2/c1-11-13(10-17-2)5-7-14(18-11)12-6-8-15(19-3)16(9-12)20-4/h5-9,17H,10H2,1-4H3. The van der Waals surface area contributed by atoms with E-state index in [1.165, 1.54) is 5.56 Å². The van der Waals surface area contributed by atoms with Gasteiger partial charge in [-0.15, -0.1) is 0 Å². The van der Waals surface area contributed by atoms with Gasteiger partial charge in [0.2, 0.25) is 0 Å². The minimum atomic E-state index is 0.712. The normalized spacial score (nSPS) is 10.4. The first-order chi connectivity index (χ1) is 9.69. The molecule has 0 radical (unpaired) electrons. The van der Waals surface area contributed by atoms with Crippen LogP contribution >= 0.6 is 0 Å². The van der Waals surface area contributed by atoms with Crippen LogP contribution in [0.25, 0.3) is 11.3 Å². The summed E-state index contributed by atoms with van der Waals surface area (Å²) >= 11 is 0. The van der Waals surface area contributed by atoms with E-state index in [1.807, 2.05) is 38.2 Å². The fourth-order valence-electron chi connectivity index (χ4n) is 2.12. The summed E-state index contributed by atoms with van der Waals surface area (Å²) in [6.07, 6.45) is 0. The number of rotatable bonds is 5. The number of methoxy groups -OCH3 is 2. The number of hydrogen-bond acceptors (Lipinski definition) is 4. The summed E-state index contributed by atoms with van der Waals surface area (Å²) in [6, 6.07) is 9.96. The smallest absolute Gasteiger partial charge is 0.161 e. The van der Waals surface area contributed by atoms with Crippen LogP contribution in [0.1, 0.15) is 11.3 Å². The van der Waals surface area contributed by atoms with Gasteiger partial charge in [-0.1, -0.05) is 6.07 Å². The van der Waals surface area contributed by atoms with Crippen molar-refractivity contribution in [3.05, 3.63) is 41.6 Å². The molecule has 0 saturated heterocycles. The van der Waals surface area contributed by atoms with Gasteiger partial charge in [-0.3, -0.25) is 4.98 Å². The molecule has 1 aromatic heterocycles. The van der Waals surface area contributed by atoms with E-state index in [0.717, 1.165) is 29.2 Å². The minimum Gasteiger partial charge on any atom is -0.493 e. The number of aryl methyl sites for hydroxylation is 1. The van der Waals surface area contributed by atoms with Crippen molar-refractivity contribution >= 4 is 0 Å². The first-order valence-electron chi connectivity index (χ1n) is 6.53. The SMILES string of the molecule is CNCc1ccc(-c2ccc(OC)c(OC)c2)nc1C. The summed E-state index contributed by atoms with van der Waals surface area (Å²) in [4.78, 5) is 4.66. The molecule has 0 amide bonds. The monoisotopic (exact) mass is 272 g/mol. The lowest BCUT2D eigenvalue weighted by atomic mass is 10.1. The molecule has 0 atom stereocenters. The zero-order valence-electron chi connectivity index (χ0n) is 12.4. The van der Waals surface area contributed by atoms with Crippen molar-refractivity contribution in [2.24, 2.45) is 0 Å². The van der Waals surface area contributed by atoms with Crippen molar-refractivity contribution in [3.63, 3.8) is 0 Å². The maximum atomic E-state index is 5.33. The van der Waals surface area contributed by atoms with Gasteiger partial charge in [0.25, 0.3) is 0 Å². The highest BCUT2D eigenvalue weighted by atomic mass is 16.5. The summed E-state index contributed by atoms with van der Waals surface area (Å²) < 4.78 is 10.6. The van der Waals surface area contributed by atoms with E-state index in [1.54, 1.807) is 14.2 Å². The summed E-state index contributed by atoms with van der Waals surface area (Å²) in [5, 5.41) is 3.14. The predicted octanol–water partition coefficient (Wildman–Crippen LogP) is 2.79. The first kappa shape index (κ1) is 14.3. The molecule has 4 heteroatoms. The highest BCUT2D eigenvalue weighted by Gasteiger charge is 2.08. The molecular weight excluding hydrogens is 252 g/mol. The summed E-state index contributed by atoms with van der Waals surface area (Å²) in [7, 11) is 5.20. The number of pyridine rings is 1. The molecule has 0 fully saturated rings. The second-order valence-corrected chi connectivity index (χ2v) is 4.54. The maximum Gasteiger partial charge on any atom is 0.161 e. The van der Waals surface area contributed by atoms with E-state index in [9.17, 15) is 0 Å². The van der Waals surface area contributed by atoms with E-state index in [-0.39, 0.29) is 0 Å². The van der Waals surface area contributed by atoms with E-state index in [0.29, 0.717) is 5.75 Å². The van der Waals surface area contributed by atoms with Gasteiger partial charge >= 0.3 is 0 Å². The van der Waals surface area contributed by atoms with Gasteiger partial charge in [0.15, 0.2) is 11.5 Å². The van der Waals surface area contributed by atoms with E-state index < -0.39 is 0 Å². The summed E-state index contributed by atoms with van der Waals surface area (Å²) in [6.45, 7) is 2.85. The third kappa shape index (κ3) is 2.91. The van der Waals surface area contributed by atoms with Crippen molar-refractivity contribution in [1.29, 1.82) is 0 Å². The third-order valence-corrected chi connectivity index (χ3v) is 3.24. The van der Waals surface area contributed by atoms with Gasteiger partial charge in [-0.25, -0.2) is 0 Å². The van der Waals surface area contributed by atoms with Gasteiger partial charge in [0.1, 0.15) is 0 Å². The highest BCUT2D eigenvalue weighted by molar-refractivity contribution is 5.64. The molecular formula is C16H20N2O2. The summed E-state index contributed by atoms with van der Waals surface area (Å²) in [5.74, 6) is 1.43. The van der Waals surface area contributed by atoms with Crippen LogP contribution in [0.3, 0.4) is 0 Å². The fraction of sp³-hybridized carbons (Fsp3) is 0.312. The molecule has 0 aliphatic heterocycles. The number of ether oxygens (including phenoxy) is 2. The number of benzene rings is 1. The zero-order valence-corrected chi connectivity index (χ0v) is 12.4. The Hall–Kier alpha value is -2.07. The Balaban J connectivity index is 2.38. The lowest BCUT2D eigenvalue weighted by Crippen LogP contribution is -2.07. The number of nitrogens with one attached hydrogen (secondary N) is 1. The molecule has 1 aromatic carbocycles. The van der Waals surface area contributed by atoms with Gasteiger partial charge in [-0.05, 0) is 43.8 Å². The van der Waals surface area contributed by atoms with Crippen LogP contribution in [0.2, 0.25) is 0 Å². The number of aromatic nitrogens is 1. The van der Waals surface area contributed by atoms with Crippen LogP contribution in [-0.2, 0) is 6.54 Å². The predicted molar refractivity (Wildman–Crippen MR) is 80.3 cm³/mol. The molecule has 0 bridgehead atoms. The van der Waals surface area contributed by atoms with Crippen LogP contribution in [0.5, 0.6) is 11.5 Å². The molecule has 4 nitrogen and oxygen atoms in total.